The Labute approximate surface area is 149 Å². The van der Waals surface area contributed by atoms with Gasteiger partial charge in [0, 0.05) is 31.2 Å². The van der Waals surface area contributed by atoms with Crippen LogP contribution < -0.4 is 5.32 Å². The summed E-state index contributed by atoms with van der Waals surface area (Å²) in [5.41, 5.74) is 1.02. The molecule has 0 spiro atoms. The van der Waals surface area contributed by atoms with Crippen LogP contribution in [0.1, 0.15) is 38.3 Å². The van der Waals surface area contributed by atoms with Crippen LogP contribution in [-0.2, 0) is 9.59 Å². The standard InChI is InChI=1S/C18H26ClN3O2/c1-12(18(24)21(3)4)20-17(23)11-22(14-9-10-14)13(2)15-7-5-6-8-16(15)19/h5-8,12-14H,9-11H2,1-4H3,(H,20,23). The average Bonchev–Trinajstić information content (AvgIpc) is 3.36. The minimum absolute atomic E-state index is 0.0526. The highest BCUT2D eigenvalue weighted by molar-refractivity contribution is 6.31. The molecule has 24 heavy (non-hydrogen) atoms. The molecular formula is C18H26ClN3O2. The minimum atomic E-state index is -0.524. The van der Waals surface area contributed by atoms with Gasteiger partial charge >= 0.3 is 0 Å². The Bertz CT molecular complexity index is 602. The van der Waals surface area contributed by atoms with Gasteiger partial charge in [-0.05, 0) is 38.3 Å². The van der Waals surface area contributed by atoms with E-state index in [2.05, 4.69) is 17.1 Å². The summed E-state index contributed by atoms with van der Waals surface area (Å²) in [7, 11) is 3.36. The normalized spacial score (nSPS) is 16.6. The Morgan fingerprint density at radius 3 is 2.42 bits per heavy atom. The maximum atomic E-state index is 12.4. The minimum Gasteiger partial charge on any atom is -0.347 e. The second-order valence-corrected chi connectivity index (χ2v) is 7.03. The Morgan fingerprint density at radius 1 is 1.25 bits per heavy atom. The molecule has 6 heteroatoms. The molecule has 1 aliphatic rings. The SMILES string of the molecule is CC(NC(=O)CN(C1CC1)C(C)c1ccccc1Cl)C(=O)N(C)C. The van der Waals surface area contributed by atoms with Gasteiger partial charge in [0.2, 0.25) is 11.8 Å². The fourth-order valence-corrected chi connectivity index (χ4v) is 3.18. The average molecular weight is 352 g/mol. The van der Waals surface area contributed by atoms with Gasteiger partial charge in [0.05, 0.1) is 6.54 Å². The first-order valence-electron chi connectivity index (χ1n) is 8.32. The summed E-state index contributed by atoms with van der Waals surface area (Å²) >= 11 is 6.31. The number of nitrogens with one attached hydrogen (secondary N) is 1. The maximum absolute atomic E-state index is 12.4. The molecule has 0 radical (unpaired) electrons. The van der Waals surface area contributed by atoms with Crippen LogP contribution in [0.25, 0.3) is 0 Å². The molecule has 2 amide bonds. The fourth-order valence-electron chi connectivity index (χ4n) is 2.88. The molecule has 132 valence electrons. The lowest BCUT2D eigenvalue weighted by Gasteiger charge is -2.30. The van der Waals surface area contributed by atoms with E-state index in [-0.39, 0.29) is 24.4 Å². The molecule has 1 fully saturated rings. The third-order valence-corrected chi connectivity index (χ3v) is 4.73. The summed E-state index contributed by atoms with van der Waals surface area (Å²) in [6.07, 6.45) is 2.18. The molecule has 1 aliphatic carbocycles. The molecule has 0 heterocycles. The molecule has 1 aromatic carbocycles. The lowest BCUT2D eigenvalue weighted by molar-refractivity contribution is -0.134. The van der Waals surface area contributed by atoms with E-state index in [4.69, 9.17) is 11.6 Å². The first-order chi connectivity index (χ1) is 11.3. The van der Waals surface area contributed by atoms with Crippen molar-refractivity contribution in [2.24, 2.45) is 0 Å². The van der Waals surface area contributed by atoms with Crippen molar-refractivity contribution >= 4 is 23.4 Å². The van der Waals surface area contributed by atoms with Gasteiger partial charge in [-0.15, -0.1) is 0 Å². The summed E-state index contributed by atoms with van der Waals surface area (Å²) in [4.78, 5) is 27.9. The van der Waals surface area contributed by atoms with Crippen LogP contribution in [0.3, 0.4) is 0 Å². The molecule has 5 nitrogen and oxygen atoms in total. The molecule has 1 N–H and O–H groups in total. The molecule has 2 rings (SSSR count). The molecule has 0 bridgehead atoms. The Balaban J connectivity index is 2.02. The molecule has 0 aliphatic heterocycles. The highest BCUT2D eigenvalue weighted by atomic mass is 35.5. The van der Waals surface area contributed by atoms with Gasteiger partial charge < -0.3 is 10.2 Å². The first kappa shape index (κ1) is 18.7. The fraction of sp³-hybridized carbons (Fsp3) is 0.556. The number of rotatable bonds is 7. The number of hydrogen-bond donors (Lipinski definition) is 1. The maximum Gasteiger partial charge on any atom is 0.244 e. The lowest BCUT2D eigenvalue weighted by Crippen LogP contribution is -2.48. The number of benzene rings is 1. The molecular weight excluding hydrogens is 326 g/mol. The molecule has 2 atom stereocenters. The number of amides is 2. The number of carbonyl (C=O) groups is 2. The van der Waals surface area contributed by atoms with Crippen molar-refractivity contribution < 1.29 is 9.59 Å². The van der Waals surface area contributed by atoms with E-state index in [0.29, 0.717) is 11.1 Å². The summed E-state index contributed by atoms with van der Waals surface area (Å²) in [6, 6.07) is 7.67. The predicted molar refractivity (Wildman–Crippen MR) is 95.9 cm³/mol. The van der Waals surface area contributed by atoms with E-state index >= 15 is 0 Å². The first-order valence-corrected chi connectivity index (χ1v) is 8.69. The molecule has 0 aromatic heterocycles. The second-order valence-electron chi connectivity index (χ2n) is 6.62. The Morgan fingerprint density at radius 2 is 1.88 bits per heavy atom. The summed E-state index contributed by atoms with van der Waals surface area (Å²) in [5, 5.41) is 3.51. The quantitative estimate of drug-likeness (QED) is 0.821. The largest absolute Gasteiger partial charge is 0.347 e. The van der Waals surface area contributed by atoms with E-state index in [0.717, 1.165) is 18.4 Å². The number of carbonyl (C=O) groups excluding carboxylic acids is 2. The van der Waals surface area contributed by atoms with Crippen molar-refractivity contribution in [1.29, 1.82) is 0 Å². The van der Waals surface area contributed by atoms with Gasteiger partial charge in [0.15, 0.2) is 0 Å². The number of nitrogens with zero attached hydrogens (tertiary/aromatic N) is 2. The van der Waals surface area contributed by atoms with Crippen molar-refractivity contribution in [3.05, 3.63) is 34.9 Å². The third-order valence-electron chi connectivity index (χ3n) is 4.38. The van der Waals surface area contributed by atoms with Crippen molar-refractivity contribution in [3.63, 3.8) is 0 Å². The molecule has 2 unspecified atom stereocenters. The van der Waals surface area contributed by atoms with Gasteiger partial charge in [0.1, 0.15) is 6.04 Å². The lowest BCUT2D eigenvalue weighted by atomic mass is 10.1. The van der Waals surface area contributed by atoms with Crippen LogP contribution in [-0.4, -0.2) is 54.3 Å². The molecule has 1 aromatic rings. The van der Waals surface area contributed by atoms with Crippen LogP contribution in [0, 0.1) is 0 Å². The molecule has 0 saturated heterocycles. The van der Waals surface area contributed by atoms with E-state index in [9.17, 15) is 9.59 Å². The predicted octanol–water partition coefficient (Wildman–Crippen LogP) is 2.46. The van der Waals surface area contributed by atoms with Crippen LogP contribution in [0.4, 0.5) is 0 Å². The van der Waals surface area contributed by atoms with Crippen LogP contribution in [0.15, 0.2) is 24.3 Å². The van der Waals surface area contributed by atoms with Crippen LogP contribution in [0.5, 0.6) is 0 Å². The summed E-state index contributed by atoms with van der Waals surface area (Å²) in [5.74, 6) is -0.246. The van der Waals surface area contributed by atoms with Crippen LogP contribution in [0.2, 0.25) is 5.02 Å². The van der Waals surface area contributed by atoms with E-state index in [1.165, 1.54) is 4.90 Å². The van der Waals surface area contributed by atoms with Crippen molar-refractivity contribution in [2.45, 2.75) is 44.8 Å². The zero-order valence-corrected chi connectivity index (χ0v) is 15.5. The van der Waals surface area contributed by atoms with Crippen LogP contribution >= 0.6 is 11.6 Å². The Hall–Kier alpha value is -1.59. The second kappa shape index (κ2) is 7.99. The van der Waals surface area contributed by atoms with Gasteiger partial charge in [-0.3, -0.25) is 14.5 Å². The smallest absolute Gasteiger partial charge is 0.244 e. The Kier molecular flexibility index (Phi) is 6.24. The number of hydrogen-bond acceptors (Lipinski definition) is 3. The van der Waals surface area contributed by atoms with Crippen molar-refractivity contribution in [1.82, 2.24) is 15.1 Å². The summed E-state index contributed by atoms with van der Waals surface area (Å²) < 4.78 is 0. The van der Waals surface area contributed by atoms with Crippen molar-refractivity contribution in [3.8, 4) is 0 Å². The van der Waals surface area contributed by atoms with Gasteiger partial charge in [-0.25, -0.2) is 0 Å². The number of likely N-dealkylation sites (N-methyl/N-ethyl adjacent to an activating group) is 1. The monoisotopic (exact) mass is 351 g/mol. The summed E-state index contributed by atoms with van der Waals surface area (Å²) in [6.45, 7) is 4.04. The topological polar surface area (TPSA) is 52.7 Å². The number of halogens is 1. The van der Waals surface area contributed by atoms with Crippen molar-refractivity contribution in [2.75, 3.05) is 20.6 Å². The highest BCUT2D eigenvalue weighted by Gasteiger charge is 2.35. The van der Waals surface area contributed by atoms with Gasteiger partial charge in [0.25, 0.3) is 0 Å². The van der Waals surface area contributed by atoms with E-state index in [1.54, 1.807) is 21.0 Å². The van der Waals surface area contributed by atoms with Gasteiger partial charge in [-0.1, -0.05) is 29.8 Å². The highest BCUT2D eigenvalue weighted by Crippen LogP contribution is 2.36. The molecule has 1 saturated carbocycles. The zero-order valence-electron chi connectivity index (χ0n) is 14.8. The third kappa shape index (κ3) is 4.71. The zero-order chi connectivity index (χ0) is 17.9. The van der Waals surface area contributed by atoms with Gasteiger partial charge in [-0.2, -0.15) is 0 Å². The van der Waals surface area contributed by atoms with E-state index in [1.807, 2.05) is 24.3 Å². The van der Waals surface area contributed by atoms with E-state index < -0.39 is 6.04 Å².